The molecule has 134 valence electrons. The number of nitrogens with zero attached hydrogens (tertiary/aromatic N) is 1. The topological polar surface area (TPSA) is 28.7 Å². The SMILES string of the molecule is CCCCCCCCCc1nc[nH]c1CCCCCCCCC. The Bertz CT molecular complexity index is 324. The van der Waals surface area contributed by atoms with E-state index in [-0.39, 0.29) is 0 Å². The second-order valence-electron chi connectivity index (χ2n) is 7.07. The molecule has 0 saturated heterocycles. The van der Waals surface area contributed by atoms with E-state index < -0.39 is 0 Å². The quantitative estimate of drug-likeness (QED) is 0.326. The van der Waals surface area contributed by atoms with Crippen molar-refractivity contribution in [2.24, 2.45) is 0 Å². The van der Waals surface area contributed by atoms with Gasteiger partial charge in [0.1, 0.15) is 0 Å². The van der Waals surface area contributed by atoms with Crippen molar-refractivity contribution in [1.29, 1.82) is 0 Å². The molecule has 0 unspecified atom stereocenters. The summed E-state index contributed by atoms with van der Waals surface area (Å²) >= 11 is 0. The standard InChI is InChI=1S/C21H40N2/c1-3-5-7-9-11-13-15-17-20-21(23-19-22-20)18-16-14-12-10-8-6-4-2/h19H,3-18H2,1-2H3,(H,22,23). The van der Waals surface area contributed by atoms with Gasteiger partial charge in [-0.15, -0.1) is 0 Å². The van der Waals surface area contributed by atoms with Gasteiger partial charge in [0.2, 0.25) is 0 Å². The molecule has 1 N–H and O–H groups in total. The first-order chi connectivity index (χ1) is 11.4. The number of unbranched alkanes of at least 4 members (excludes halogenated alkanes) is 12. The van der Waals surface area contributed by atoms with E-state index >= 15 is 0 Å². The Balaban J connectivity index is 2.04. The number of hydrogen-bond donors (Lipinski definition) is 1. The van der Waals surface area contributed by atoms with Crippen molar-refractivity contribution >= 4 is 0 Å². The number of imidazole rings is 1. The lowest BCUT2D eigenvalue weighted by Gasteiger charge is -2.04. The van der Waals surface area contributed by atoms with Crippen LogP contribution in [0.1, 0.15) is 115 Å². The van der Waals surface area contributed by atoms with Gasteiger partial charge in [0.15, 0.2) is 0 Å². The Morgan fingerprint density at radius 2 is 1.13 bits per heavy atom. The summed E-state index contributed by atoms with van der Waals surface area (Å²) in [5.41, 5.74) is 2.74. The van der Waals surface area contributed by atoms with E-state index in [1.54, 1.807) is 0 Å². The van der Waals surface area contributed by atoms with Crippen LogP contribution < -0.4 is 0 Å². The van der Waals surface area contributed by atoms with E-state index in [9.17, 15) is 0 Å². The van der Waals surface area contributed by atoms with Crippen LogP contribution in [0.2, 0.25) is 0 Å². The van der Waals surface area contributed by atoms with Crippen molar-refractivity contribution in [1.82, 2.24) is 9.97 Å². The predicted molar refractivity (Wildman–Crippen MR) is 102 cm³/mol. The summed E-state index contributed by atoms with van der Waals surface area (Å²) in [7, 11) is 0. The molecule has 0 fully saturated rings. The summed E-state index contributed by atoms with van der Waals surface area (Å²) in [5.74, 6) is 0. The molecule has 0 spiro atoms. The van der Waals surface area contributed by atoms with Crippen LogP contribution in [0.25, 0.3) is 0 Å². The Morgan fingerprint density at radius 1 is 0.652 bits per heavy atom. The molecule has 2 heteroatoms. The molecule has 1 heterocycles. The second-order valence-corrected chi connectivity index (χ2v) is 7.07. The summed E-state index contributed by atoms with van der Waals surface area (Å²) in [5, 5.41) is 0. The molecule has 0 radical (unpaired) electrons. The molecule has 0 bridgehead atoms. The van der Waals surface area contributed by atoms with Crippen molar-refractivity contribution in [3.05, 3.63) is 17.7 Å². The number of H-pyrrole nitrogens is 1. The molecular formula is C21H40N2. The second kappa shape index (κ2) is 14.8. The average molecular weight is 321 g/mol. The summed E-state index contributed by atoms with van der Waals surface area (Å²) < 4.78 is 0. The number of aromatic amines is 1. The fraction of sp³-hybridized carbons (Fsp3) is 0.857. The molecule has 1 aromatic rings. The first-order valence-corrected chi connectivity index (χ1v) is 10.4. The monoisotopic (exact) mass is 320 g/mol. The zero-order valence-corrected chi connectivity index (χ0v) is 15.8. The zero-order chi connectivity index (χ0) is 16.6. The maximum Gasteiger partial charge on any atom is 0.0925 e. The molecule has 1 rings (SSSR count). The van der Waals surface area contributed by atoms with E-state index in [1.807, 2.05) is 6.33 Å². The molecule has 23 heavy (non-hydrogen) atoms. The molecule has 0 amide bonds. The summed E-state index contributed by atoms with van der Waals surface area (Å²) in [6, 6.07) is 0. The van der Waals surface area contributed by atoms with Crippen LogP contribution in [0.4, 0.5) is 0 Å². The van der Waals surface area contributed by atoms with Gasteiger partial charge in [-0.1, -0.05) is 90.9 Å². The van der Waals surface area contributed by atoms with Gasteiger partial charge in [0.25, 0.3) is 0 Å². The highest BCUT2D eigenvalue weighted by atomic mass is 14.9. The molecule has 0 aliphatic heterocycles. The Hall–Kier alpha value is -0.790. The third kappa shape index (κ3) is 10.6. The highest BCUT2D eigenvalue weighted by Crippen LogP contribution is 2.14. The van der Waals surface area contributed by atoms with Crippen LogP contribution in [0.15, 0.2) is 6.33 Å². The fourth-order valence-electron chi connectivity index (χ4n) is 3.29. The van der Waals surface area contributed by atoms with Crippen molar-refractivity contribution in [3.63, 3.8) is 0 Å². The Morgan fingerprint density at radius 3 is 1.70 bits per heavy atom. The number of hydrogen-bond acceptors (Lipinski definition) is 1. The first-order valence-electron chi connectivity index (χ1n) is 10.4. The van der Waals surface area contributed by atoms with Crippen molar-refractivity contribution in [2.45, 2.75) is 117 Å². The lowest BCUT2D eigenvalue weighted by atomic mass is 10.0. The minimum atomic E-state index is 1.17. The highest BCUT2D eigenvalue weighted by molar-refractivity contribution is 5.11. The molecule has 0 saturated carbocycles. The van der Waals surface area contributed by atoms with E-state index in [2.05, 4.69) is 23.8 Å². The van der Waals surface area contributed by atoms with E-state index in [0.717, 1.165) is 0 Å². The fourth-order valence-corrected chi connectivity index (χ4v) is 3.29. The van der Waals surface area contributed by atoms with Gasteiger partial charge < -0.3 is 4.98 Å². The van der Waals surface area contributed by atoms with Crippen molar-refractivity contribution < 1.29 is 0 Å². The minimum Gasteiger partial charge on any atom is -0.348 e. The summed E-state index contributed by atoms with van der Waals surface area (Å²) in [4.78, 5) is 7.92. The zero-order valence-electron chi connectivity index (χ0n) is 15.8. The van der Waals surface area contributed by atoms with Gasteiger partial charge in [-0.05, 0) is 25.7 Å². The summed E-state index contributed by atoms with van der Waals surface area (Å²) in [6.07, 6.45) is 23.6. The van der Waals surface area contributed by atoms with Crippen molar-refractivity contribution in [3.8, 4) is 0 Å². The number of nitrogens with one attached hydrogen (secondary N) is 1. The molecule has 2 nitrogen and oxygen atoms in total. The minimum absolute atomic E-state index is 1.17. The van der Waals surface area contributed by atoms with E-state index in [4.69, 9.17) is 0 Å². The number of aryl methyl sites for hydroxylation is 2. The Labute approximate surface area is 144 Å². The van der Waals surface area contributed by atoms with Gasteiger partial charge in [-0.25, -0.2) is 4.98 Å². The first kappa shape index (κ1) is 20.3. The smallest absolute Gasteiger partial charge is 0.0925 e. The molecule has 0 atom stereocenters. The molecule has 0 aromatic carbocycles. The van der Waals surface area contributed by atoms with Crippen LogP contribution in [-0.2, 0) is 12.8 Å². The van der Waals surface area contributed by atoms with Crippen LogP contribution in [0, 0.1) is 0 Å². The lowest BCUT2D eigenvalue weighted by Crippen LogP contribution is -1.95. The number of rotatable bonds is 16. The van der Waals surface area contributed by atoms with E-state index in [0.29, 0.717) is 0 Å². The average Bonchev–Trinajstić information content (AvgIpc) is 3.00. The number of aromatic nitrogens is 2. The van der Waals surface area contributed by atoms with Crippen LogP contribution >= 0.6 is 0 Å². The maximum absolute atomic E-state index is 4.55. The third-order valence-electron chi connectivity index (χ3n) is 4.85. The molecular weight excluding hydrogens is 280 g/mol. The van der Waals surface area contributed by atoms with Gasteiger partial charge in [0.05, 0.1) is 12.0 Å². The lowest BCUT2D eigenvalue weighted by molar-refractivity contribution is 0.580. The third-order valence-corrected chi connectivity index (χ3v) is 4.85. The van der Waals surface area contributed by atoms with Crippen LogP contribution in [-0.4, -0.2) is 9.97 Å². The predicted octanol–water partition coefficient (Wildman–Crippen LogP) is 7.00. The molecule has 1 aromatic heterocycles. The van der Waals surface area contributed by atoms with Gasteiger partial charge >= 0.3 is 0 Å². The Kier molecular flexibility index (Phi) is 13.0. The summed E-state index contributed by atoms with van der Waals surface area (Å²) in [6.45, 7) is 4.56. The van der Waals surface area contributed by atoms with Gasteiger partial charge in [-0.3, -0.25) is 0 Å². The molecule has 0 aliphatic carbocycles. The van der Waals surface area contributed by atoms with Gasteiger partial charge in [0, 0.05) is 5.69 Å². The van der Waals surface area contributed by atoms with Crippen LogP contribution in [0.5, 0.6) is 0 Å². The van der Waals surface area contributed by atoms with Crippen LogP contribution in [0.3, 0.4) is 0 Å². The van der Waals surface area contributed by atoms with Crippen molar-refractivity contribution in [2.75, 3.05) is 0 Å². The highest BCUT2D eigenvalue weighted by Gasteiger charge is 2.05. The largest absolute Gasteiger partial charge is 0.348 e. The van der Waals surface area contributed by atoms with E-state index in [1.165, 1.54) is 114 Å². The normalized spacial score (nSPS) is 11.2. The molecule has 0 aliphatic rings. The maximum atomic E-state index is 4.55. The van der Waals surface area contributed by atoms with Gasteiger partial charge in [-0.2, -0.15) is 0 Å².